The van der Waals surface area contributed by atoms with E-state index in [1.165, 1.54) is 24.3 Å². The van der Waals surface area contributed by atoms with Crippen LogP contribution < -0.4 is 10.1 Å². The van der Waals surface area contributed by atoms with Gasteiger partial charge in [0, 0.05) is 6.54 Å². The van der Waals surface area contributed by atoms with Crippen LogP contribution in [0, 0.1) is 17.1 Å². The SMILES string of the molecule is N#Cc1c(F)cccc1NCc1ccc(OCC(F)(F)F)cc1. The highest BCUT2D eigenvalue weighted by Gasteiger charge is 2.28. The number of anilines is 1. The molecule has 3 nitrogen and oxygen atoms in total. The zero-order chi connectivity index (χ0) is 16.9. The van der Waals surface area contributed by atoms with Gasteiger partial charge in [-0.3, -0.25) is 0 Å². The first-order valence-corrected chi connectivity index (χ1v) is 6.60. The Bertz CT molecular complexity index is 706. The standard InChI is InChI=1S/C16H12F4N2O/c17-14-2-1-3-15(13(14)8-21)22-9-11-4-6-12(7-5-11)23-10-16(18,19)20/h1-7,22H,9-10H2. The molecule has 0 bridgehead atoms. The fraction of sp³-hybridized carbons (Fsp3) is 0.188. The summed E-state index contributed by atoms with van der Waals surface area (Å²) in [6, 6.07) is 12.0. The molecule has 0 radical (unpaired) electrons. The van der Waals surface area contributed by atoms with Crippen molar-refractivity contribution in [3.8, 4) is 11.8 Å². The summed E-state index contributed by atoms with van der Waals surface area (Å²) in [7, 11) is 0. The summed E-state index contributed by atoms with van der Waals surface area (Å²) < 4.78 is 54.2. The van der Waals surface area contributed by atoms with Crippen molar-refractivity contribution < 1.29 is 22.3 Å². The molecule has 7 heteroatoms. The first-order chi connectivity index (χ1) is 10.9. The lowest BCUT2D eigenvalue weighted by Gasteiger charge is -2.11. The molecule has 2 aromatic rings. The van der Waals surface area contributed by atoms with Crippen molar-refractivity contribution in [2.24, 2.45) is 0 Å². The molecule has 0 atom stereocenters. The van der Waals surface area contributed by atoms with Gasteiger partial charge in [-0.05, 0) is 29.8 Å². The van der Waals surface area contributed by atoms with E-state index < -0.39 is 18.6 Å². The fourth-order valence-corrected chi connectivity index (χ4v) is 1.85. The first kappa shape index (κ1) is 16.6. The predicted molar refractivity (Wildman–Crippen MR) is 76.4 cm³/mol. The van der Waals surface area contributed by atoms with E-state index in [0.717, 1.165) is 5.56 Å². The van der Waals surface area contributed by atoms with Crippen LogP contribution in [0.5, 0.6) is 5.75 Å². The molecule has 0 aliphatic heterocycles. The molecule has 0 spiro atoms. The monoisotopic (exact) mass is 324 g/mol. The van der Waals surface area contributed by atoms with Crippen molar-refractivity contribution in [1.82, 2.24) is 0 Å². The van der Waals surface area contributed by atoms with E-state index in [9.17, 15) is 17.6 Å². The van der Waals surface area contributed by atoms with Crippen LogP contribution in [-0.4, -0.2) is 12.8 Å². The number of alkyl halides is 3. The molecule has 0 aromatic heterocycles. The molecular formula is C16H12F4N2O. The summed E-state index contributed by atoms with van der Waals surface area (Å²) in [4.78, 5) is 0. The van der Waals surface area contributed by atoms with E-state index in [1.807, 2.05) is 0 Å². The van der Waals surface area contributed by atoms with Gasteiger partial charge < -0.3 is 10.1 Å². The van der Waals surface area contributed by atoms with E-state index in [2.05, 4.69) is 10.1 Å². The maximum atomic E-state index is 13.4. The van der Waals surface area contributed by atoms with E-state index in [0.29, 0.717) is 5.69 Å². The van der Waals surface area contributed by atoms with Gasteiger partial charge in [0.15, 0.2) is 6.61 Å². The molecule has 0 heterocycles. The second-order valence-corrected chi connectivity index (χ2v) is 4.68. The fourth-order valence-electron chi connectivity index (χ4n) is 1.85. The topological polar surface area (TPSA) is 45.0 Å². The molecule has 0 unspecified atom stereocenters. The third-order valence-corrected chi connectivity index (χ3v) is 2.93. The molecule has 23 heavy (non-hydrogen) atoms. The van der Waals surface area contributed by atoms with Gasteiger partial charge in [0.25, 0.3) is 0 Å². The zero-order valence-electron chi connectivity index (χ0n) is 11.8. The number of nitriles is 1. The Morgan fingerprint density at radius 3 is 2.39 bits per heavy atom. The maximum absolute atomic E-state index is 13.4. The Labute approximate surface area is 130 Å². The van der Waals surface area contributed by atoms with Crippen LogP contribution in [0.25, 0.3) is 0 Å². The summed E-state index contributed by atoms with van der Waals surface area (Å²) in [6.07, 6.45) is -4.38. The van der Waals surface area contributed by atoms with Crippen molar-refractivity contribution in [1.29, 1.82) is 5.26 Å². The maximum Gasteiger partial charge on any atom is 0.422 e. The number of nitrogens with one attached hydrogen (secondary N) is 1. The molecule has 0 fully saturated rings. The minimum absolute atomic E-state index is 0.0855. The Morgan fingerprint density at radius 1 is 1.09 bits per heavy atom. The molecular weight excluding hydrogens is 312 g/mol. The average molecular weight is 324 g/mol. The summed E-state index contributed by atoms with van der Waals surface area (Å²) in [5, 5.41) is 11.8. The quantitative estimate of drug-likeness (QED) is 0.836. The van der Waals surface area contributed by atoms with Crippen LogP contribution in [0.4, 0.5) is 23.2 Å². The molecule has 0 aliphatic carbocycles. The third-order valence-electron chi connectivity index (χ3n) is 2.93. The smallest absolute Gasteiger partial charge is 0.422 e. The van der Waals surface area contributed by atoms with E-state index in [-0.39, 0.29) is 17.9 Å². The Kier molecular flexibility index (Phi) is 5.06. The van der Waals surface area contributed by atoms with Gasteiger partial charge in [-0.15, -0.1) is 0 Å². The van der Waals surface area contributed by atoms with E-state index >= 15 is 0 Å². The molecule has 120 valence electrons. The number of nitrogens with zero attached hydrogens (tertiary/aromatic N) is 1. The largest absolute Gasteiger partial charge is 0.484 e. The highest BCUT2D eigenvalue weighted by atomic mass is 19.4. The Balaban J connectivity index is 1.97. The molecule has 0 amide bonds. The highest BCUT2D eigenvalue weighted by Crippen LogP contribution is 2.21. The Hall–Kier alpha value is -2.75. The number of halogens is 4. The van der Waals surface area contributed by atoms with Crippen molar-refractivity contribution in [2.75, 3.05) is 11.9 Å². The predicted octanol–water partition coefficient (Wildman–Crippen LogP) is 4.25. The molecule has 1 N–H and O–H groups in total. The molecule has 2 aromatic carbocycles. The van der Waals surface area contributed by atoms with Gasteiger partial charge in [-0.1, -0.05) is 18.2 Å². The second-order valence-electron chi connectivity index (χ2n) is 4.68. The lowest BCUT2D eigenvalue weighted by atomic mass is 10.1. The first-order valence-electron chi connectivity index (χ1n) is 6.60. The number of ether oxygens (including phenoxy) is 1. The summed E-state index contributed by atoms with van der Waals surface area (Å²) in [6.45, 7) is -1.06. The zero-order valence-corrected chi connectivity index (χ0v) is 11.8. The van der Waals surface area contributed by atoms with Gasteiger partial charge in [0.1, 0.15) is 23.2 Å². The molecule has 0 aliphatic rings. The van der Waals surface area contributed by atoms with Gasteiger partial charge in [0.05, 0.1) is 5.69 Å². The van der Waals surface area contributed by atoms with Gasteiger partial charge >= 0.3 is 6.18 Å². The van der Waals surface area contributed by atoms with Gasteiger partial charge in [0.2, 0.25) is 0 Å². The van der Waals surface area contributed by atoms with Gasteiger partial charge in [-0.2, -0.15) is 18.4 Å². The van der Waals surface area contributed by atoms with Crippen LogP contribution in [-0.2, 0) is 6.54 Å². The third kappa shape index (κ3) is 4.88. The van der Waals surface area contributed by atoms with Crippen LogP contribution in [0.3, 0.4) is 0 Å². The second kappa shape index (κ2) is 7.01. The highest BCUT2D eigenvalue weighted by molar-refractivity contribution is 5.58. The minimum Gasteiger partial charge on any atom is -0.484 e. The lowest BCUT2D eigenvalue weighted by molar-refractivity contribution is -0.153. The van der Waals surface area contributed by atoms with Crippen molar-refractivity contribution >= 4 is 5.69 Å². The normalized spacial score (nSPS) is 10.9. The van der Waals surface area contributed by atoms with Crippen molar-refractivity contribution in [3.05, 3.63) is 59.4 Å². The Morgan fingerprint density at radius 2 is 1.78 bits per heavy atom. The van der Waals surface area contributed by atoms with Crippen LogP contribution >= 0.6 is 0 Å². The summed E-state index contributed by atoms with van der Waals surface area (Å²) >= 11 is 0. The minimum atomic E-state index is -4.38. The molecule has 0 saturated heterocycles. The lowest BCUT2D eigenvalue weighted by Crippen LogP contribution is -2.19. The van der Waals surface area contributed by atoms with E-state index in [1.54, 1.807) is 24.3 Å². The summed E-state index contributed by atoms with van der Waals surface area (Å²) in [5.41, 5.74) is 1.01. The van der Waals surface area contributed by atoms with Crippen LogP contribution in [0.2, 0.25) is 0 Å². The summed E-state index contributed by atoms with van der Waals surface area (Å²) in [5.74, 6) is -0.511. The average Bonchev–Trinajstić information content (AvgIpc) is 2.51. The van der Waals surface area contributed by atoms with E-state index in [4.69, 9.17) is 5.26 Å². The molecule has 0 saturated carbocycles. The van der Waals surface area contributed by atoms with Crippen LogP contribution in [0.15, 0.2) is 42.5 Å². The number of hydrogen-bond acceptors (Lipinski definition) is 3. The number of rotatable bonds is 5. The molecule has 2 rings (SSSR count). The van der Waals surface area contributed by atoms with Crippen molar-refractivity contribution in [3.63, 3.8) is 0 Å². The number of benzene rings is 2. The van der Waals surface area contributed by atoms with Crippen LogP contribution in [0.1, 0.15) is 11.1 Å². The number of hydrogen-bond donors (Lipinski definition) is 1. The van der Waals surface area contributed by atoms with Gasteiger partial charge in [-0.25, -0.2) is 4.39 Å². The van der Waals surface area contributed by atoms with Crippen molar-refractivity contribution in [2.45, 2.75) is 12.7 Å².